The van der Waals surface area contributed by atoms with Gasteiger partial charge in [0.05, 0.1) is 58.0 Å². The molecule has 6 nitrogen and oxygen atoms in total. The summed E-state index contributed by atoms with van der Waals surface area (Å²) in [5, 5.41) is 22.9. The molecule has 0 aromatic rings. The van der Waals surface area contributed by atoms with Gasteiger partial charge in [0, 0.05) is 9.65 Å². The summed E-state index contributed by atoms with van der Waals surface area (Å²) in [5.41, 5.74) is -3.49. The van der Waals surface area contributed by atoms with Crippen LogP contribution in [0, 0.1) is 0 Å². The van der Waals surface area contributed by atoms with Crippen molar-refractivity contribution in [3.05, 3.63) is 0 Å². The molecule has 0 aliphatic carbocycles. The number of ether oxygens (including phenoxy) is 4. The molecule has 4 saturated heterocycles. The Labute approximate surface area is 247 Å². The first kappa shape index (κ1) is 31.7. The number of fused-ring (bicyclic) bond motifs is 2. The zero-order valence-corrected chi connectivity index (χ0v) is 28.0. The van der Waals surface area contributed by atoms with E-state index in [4.69, 9.17) is 18.9 Å². The highest BCUT2D eigenvalue weighted by Gasteiger charge is 2.55. The molecule has 8 heteroatoms. The van der Waals surface area contributed by atoms with Gasteiger partial charge in [-0.3, -0.25) is 0 Å². The lowest BCUT2D eigenvalue weighted by Crippen LogP contribution is -2.57. The van der Waals surface area contributed by atoms with Gasteiger partial charge in [-0.1, -0.05) is 31.9 Å². The third kappa shape index (κ3) is 6.38. The highest BCUT2D eigenvalue weighted by Crippen LogP contribution is 2.49. The van der Waals surface area contributed by atoms with Crippen LogP contribution in [0.15, 0.2) is 0 Å². The second kappa shape index (κ2) is 10.8. The van der Waals surface area contributed by atoms with Crippen molar-refractivity contribution in [2.75, 3.05) is 0 Å². The van der Waals surface area contributed by atoms with E-state index in [0.717, 1.165) is 44.9 Å². The van der Waals surface area contributed by atoms with Crippen LogP contribution in [0.2, 0.25) is 0 Å². The van der Waals surface area contributed by atoms with Crippen LogP contribution in [0.4, 0.5) is 0 Å². The standard InChI is InChI=1S/C30H52Br2O6/c1-25(2)19(31)11-15-27(5,33)22(35-25)13-16-28(6,34)21-9-10-23-30(8,37-21)18-14-24-29(7,38-23)17-12-20(32)26(3,4)36-24/h19-24,33-34H,9-18H2,1-8H3/t19-,20-,21-,22+,23+,24-,27+,28?,29-,30-/m1/s1. The molecule has 4 aliphatic rings. The van der Waals surface area contributed by atoms with Gasteiger partial charge in [-0.05, 0) is 120 Å². The molecule has 222 valence electrons. The summed E-state index contributed by atoms with van der Waals surface area (Å²) in [4.78, 5) is 0.464. The zero-order chi connectivity index (χ0) is 28.4. The van der Waals surface area contributed by atoms with Gasteiger partial charge in [-0.2, -0.15) is 0 Å². The average molecular weight is 669 g/mol. The second-order valence-corrected chi connectivity index (χ2v) is 16.9. The third-order valence-electron chi connectivity index (χ3n) is 10.3. The van der Waals surface area contributed by atoms with Gasteiger partial charge in [0.15, 0.2) is 0 Å². The summed E-state index contributed by atoms with van der Waals surface area (Å²) in [7, 11) is 0. The fraction of sp³-hybridized carbons (Fsp3) is 1.00. The maximum absolute atomic E-state index is 11.7. The number of halogens is 2. The van der Waals surface area contributed by atoms with Crippen LogP contribution in [0.25, 0.3) is 0 Å². The largest absolute Gasteiger partial charge is 0.387 e. The van der Waals surface area contributed by atoms with Crippen molar-refractivity contribution in [1.82, 2.24) is 0 Å². The van der Waals surface area contributed by atoms with Crippen LogP contribution >= 0.6 is 31.9 Å². The Morgan fingerprint density at radius 1 is 0.711 bits per heavy atom. The first-order chi connectivity index (χ1) is 17.3. The van der Waals surface area contributed by atoms with E-state index in [1.165, 1.54) is 0 Å². The summed E-state index contributed by atoms with van der Waals surface area (Å²) >= 11 is 7.60. The lowest BCUT2D eigenvalue weighted by Gasteiger charge is -2.49. The number of hydrogen-bond acceptors (Lipinski definition) is 6. The van der Waals surface area contributed by atoms with E-state index in [1.54, 1.807) is 0 Å². The van der Waals surface area contributed by atoms with Crippen LogP contribution in [0.1, 0.15) is 120 Å². The van der Waals surface area contributed by atoms with Crippen LogP contribution < -0.4 is 0 Å². The number of aliphatic hydroxyl groups is 2. The SMILES string of the molecule is CC(O)(CC[C@@H]1OC(C)(C)[C@H](Br)CC[C@]1(C)O)[C@H]1CC[C@@H]2O[C@]3(C)CC[C@@H](Br)C(C)(C)O[C@@H]3CC[C@@]2(C)O1. The number of alkyl halides is 2. The minimum Gasteiger partial charge on any atom is -0.387 e. The summed E-state index contributed by atoms with van der Waals surface area (Å²) < 4.78 is 26.8. The van der Waals surface area contributed by atoms with Crippen molar-refractivity contribution >= 4 is 31.9 Å². The highest BCUT2D eigenvalue weighted by atomic mass is 79.9. The molecule has 38 heavy (non-hydrogen) atoms. The number of rotatable bonds is 4. The van der Waals surface area contributed by atoms with Crippen molar-refractivity contribution in [1.29, 1.82) is 0 Å². The van der Waals surface area contributed by atoms with Crippen molar-refractivity contribution < 1.29 is 29.2 Å². The predicted octanol–water partition coefficient (Wildman–Crippen LogP) is 6.59. The third-order valence-corrected chi connectivity index (χ3v) is 13.4. The Bertz CT molecular complexity index is 847. The molecule has 0 spiro atoms. The van der Waals surface area contributed by atoms with E-state index in [0.29, 0.717) is 24.1 Å². The Morgan fingerprint density at radius 3 is 1.89 bits per heavy atom. The molecule has 0 aromatic carbocycles. The van der Waals surface area contributed by atoms with Gasteiger partial charge in [-0.15, -0.1) is 0 Å². The molecule has 0 bridgehead atoms. The Kier molecular flexibility index (Phi) is 8.97. The van der Waals surface area contributed by atoms with Gasteiger partial charge < -0.3 is 29.2 Å². The van der Waals surface area contributed by atoms with Gasteiger partial charge >= 0.3 is 0 Å². The normalized spacial score (nSPS) is 48.9. The molecule has 0 amide bonds. The Hall–Kier alpha value is 0.720. The minimum absolute atomic E-state index is 0.00117. The van der Waals surface area contributed by atoms with Gasteiger partial charge in [0.2, 0.25) is 0 Å². The average Bonchev–Trinajstić information content (AvgIpc) is 3.01. The van der Waals surface area contributed by atoms with Crippen LogP contribution in [-0.4, -0.2) is 77.9 Å². The first-order valence-electron chi connectivity index (χ1n) is 14.7. The molecular formula is C30H52Br2O6. The maximum atomic E-state index is 11.7. The van der Waals surface area contributed by atoms with E-state index in [-0.39, 0.29) is 40.4 Å². The molecule has 4 rings (SSSR count). The van der Waals surface area contributed by atoms with E-state index in [1.807, 2.05) is 13.8 Å². The fourth-order valence-corrected chi connectivity index (χ4v) is 7.76. The molecule has 0 saturated carbocycles. The smallest absolute Gasteiger partial charge is 0.0921 e. The molecule has 4 fully saturated rings. The van der Waals surface area contributed by atoms with Crippen molar-refractivity contribution in [3.8, 4) is 0 Å². The summed E-state index contributed by atoms with van der Waals surface area (Å²) in [5.74, 6) is 0. The van der Waals surface area contributed by atoms with E-state index in [9.17, 15) is 10.2 Å². The maximum Gasteiger partial charge on any atom is 0.0921 e. The van der Waals surface area contributed by atoms with E-state index >= 15 is 0 Å². The first-order valence-corrected chi connectivity index (χ1v) is 16.6. The molecule has 4 heterocycles. The molecular weight excluding hydrogens is 616 g/mol. The molecule has 4 aliphatic heterocycles. The molecule has 1 unspecified atom stereocenters. The van der Waals surface area contributed by atoms with Gasteiger partial charge in [-0.25, -0.2) is 0 Å². The summed E-state index contributed by atoms with van der Waals surface area (Å²) in [6, 6.07) is 0. The van der Waals surface area contributed by atoms with E-state index < -0.39 is 22.4 Å². The predicted molar refractivity (Wildman–Crippen MR) is 157 cm³/mol. The molecule has 0 aromatic heterocycles. The van der Waals surface area contributed by atoms with Crippen molar-refractivity contribution in [3.63, 3.8) is 0 Å². The minimum atomic E-state index is -1.04. The molecule has 2 N–H and O–H groups in total. The van der Waals surface area contributed by atoms with Crippen molar-refractivity contribution in [2.24, 2.45) is 0 Å². The Morgan fingerprint density at radius 2 is 1.24 bits per heavy atom. The zero-order valence-electron chi connectivity index (χ0n) is 24.8. The quantitative estimate of drug-likeness (QED) is 0.330. The molecule has 0 radical (unpaired) electrons. The van der Waals surface area contributed by atoms with Gasteiger partial charge in [0.25, 0.3) is 0 Å². The fourth-order valence-electron chi connectivity index (χ4n) is 7.09. The van der Waals surface area contributed by atoms with Gasteiger partial charge in [0.1, 0.15) is 0 Å². The number of hydrogen-bond donors (Lipinski definition) is 2. The molecule has 10 atom stereocenters. The van der Waals surface area contributed by atoms with Crippen LogP contribution in [0.5, 0.6) is 0 Å². The topological polar surface area (TPSA) is 77.4 Å². The van der Waals surface area contributed by atoms with Crippen LogP contribution in [-0.2, 0) is 18.9 Å². The van der Waals surface area contributed by atoms with Crippen molar-refractivity contribution in [2.45, 2.75) is 187 Å². The Balaban J connectivity index is 1.44. The second-order valence-electron chi connectivity index (χ2n) is 14.6. The lowest BCUT2D eigenvalue weighted by molar-refractivity contribution is -0.261. The summed E-state index contributed by atoms with van der Waals surface area (Å²) in [6.45, 7) is 16.6. The van der Waals surface area contributed by atoms with E-state index in [2.05, 4.69) is 73.4 Å². The summed E-state index contributed by atoms with van der Waals surface area (Å²) in [6.07, 6.45) is 7.08. The van der Waals surface area contributed by atoms with Crippen LogP contribution in [0.3, 0.4) is 0 Å². The monoisotopic (exact) mass is 666 g/mol. The highest BCUT2D eigenvalue weighted by molar-refractivity contribution is 9.09. The lowest BCUT2D eigenvalue weighted by atomic mass is 9.79.